The average Bonchev–Trinajstić information content (AvgIpc) is 2.56. The highest BCUT2D eigenvalue weighted by molar-refractivity contribution is 7.39. The first-order valence-electron chi connectivity index (χ1n) is 4.55. The Balaban J connectivity index is 2.46. The van der Waals surface area contributed by atoms with E-state index in [1.54, 1.807) is 24.3 Å². The van der Waals surface area contributed by atoms with Gasteiger partial charge in [0, 0.05) is 6.42 Å². The minimum Gasteiger partial charge on any atom is -0.549 e. The maximum Gasteiger partial charge on any atom is 0.510 e. The zero-order valence-electron chi connectivity index (χ0n) is 7.79. The topological polar surface area (TPSA) is 77.4 Å². The summed E-state index contributed by atoms with van der Waals surface area (Å²) in [4.78, 5) is 20.0. The van der Waals surface area contributed by atoms with Crippen molar-refractivity contribution in [3.8, 4) is 0 Å². The van der Waals surface area contributed by atoms with Gasteiger partial charge in [-0.25, -0.2) is 0 Å². The van der Waals surface area contributed by atoms with Gasteiger partial charge in [0.25, 0.3) is 0 Å². The maximum atomic E-state index is 11.0. The number of fused-ring (bicyclic) bond motifs is 1. The van der Waals surface area contributed by atoms with E-state index in [1.807, 2.05) is 0 Å². The van der Waals surface area contributed by atoms with Gasteiger partial charge in [0.05, 0.1) is 11.9 Å². The van der Waals surface area contributed by atoms with Crippen molar-refractivity contribution in [2.45, 2.75) is 18.0 Å². The van der Waals surface area contributed by atoms with E-state index >= 15 is 0 Å². The van der Waals surface area contributed by atoms with Gasteiger partial charge in [0.15, 0.2) is 0 Å². The standard InChI is InChI=1S/C10H9O4P/c11-10(12)9-7-4-2-1-3-6(7)5-8(9)15(13)14/h1-4,8-9H,5H2,(H-,11,12,13,14)/t8-,9+/m1/s1. The summed E-state index contributed by atoms with van der Waals surface area (Å²) >= 11 is 0. The number of hydrogen-bond donors (Lipinski definition) is 1. The number of rotatable bonds is 2. The highest BCUT2D eigenvalue weighted by Crippen LogP contribution is 2.44. The van der Waals surface area contributed by atoms with Crippen molar-refractivity contribution in [3.05, 3.63) is 35.4 Å². The number of benzene rings is 1. The maximum absolute atomic E-state index is 11.0. The fraction of sp³-hybridized carbons (Fsp3) is 0.300. The van der Waals surface area contributed by atoms with E-state index in [4.69, 9.17) is 4.89 Å². The monoisotopic (exact) mass is 224 g/mol. The lowest BCUT2D eigenvalue weighted by molar-refractivity contribution is -0.307. The third kappa shape index (κ3) is 1.66. The molecule has 0 heterocycles. The highest BCUT2D eigenvalue weighted by atomic mass is 31.1. The third-order valence-corrected chi connectivity index (χ3v) is 3.79. The second-order valence-corrected chi connectivity index (χ2v) is 4.84. The van der Waals surface area contributed by atoms with Crippen LogP contribution in [0.2, 0.25) is 0 Å². The summed E-state index contributed by atoms with van der Waals surface area (Å²) < 4.78 is 11.0. The molecule has 0 saturated carbocycles. The van der Waals surface area contributed by atoms with Crippen LogP contribution < -0.4 is 5.11 Å². The molecule has 15 heavy (non-hydrogen) atoms. The molecule has 3 atom stereocenters. The third-order valence-electron chi connectivity index (χ3n) is 2.74. The predicted octanol–water partition coefficient (Wildman–Crippen LogP) is 0.179. The lowest BCUT2D eigenvalue weighted by atomic mass is 10.0. The highest BCUT2D eigenvalue weighted by Gasteiger charge is 2.45. The molecule has 0 saturated heterocycles. The molecule has 1 aromatic rings. The number of carboxylic acids is 1. The van der Waals surface area contributed by atoms with E-state index in [9.17, 15) is 14.5 Å². The van der Waals surface area contributed by atoms with E-state index in [2.05, 4.69) is 0 Å². The van der Waals surface area contributed by atoms with Crippen LogP contribution in [0.4, 0.5) is 0 Å². The molecule has 1 unspecified atom stereocenters. The molecule has 0 spiro atoms. The van der Waals surface area contributed by atoms with Crippen LogP contribution in [0.15, 0.2) is 24.3 Å². The minimum atomic E-state index is -2.49. The molecule has 1 N–H and O–H groups in total. The van der Waals surface area contributed by atoms with Crippen LogP contribution >= 0.6 is 8.03 Å². The predicted molar refractivity (Wildman–Crippen MR) is 51.5 cm³/mol. The Labute approximate surface area is 87.4 Å². The first-order chi connectivity index (χ1) is 7.11. The zero-order valence-corrected chi connectivity index (χ0v) is 8.68. The Bertz CT molecular complexity index is 429. The van der Waals surface area contributed by atoms with E-state index < -0.39 is 25.6 Å². The fourth-order valence-electron chi connectivity index (χ4n) is 2.06. The molecule has 5 heteroatoms. The van der Waals surface area contributed by atoms with Gasteiger partial charge in [0.1, 0.15) is 0 Å². The lowest BCUT2D eigenvalue weighted by Crippen LogP contribution is -2.33. The quantitative estimate of drug-likeness (QED) is 0.727. The Morgan fingerprint density at radius 2 is 2.13 bits per heavy atom. The van der Waals surface area contributed by atoms with Crippen LogP contribution in [0.1, 0.15) is 17.0 Å². The normalized spacial score (nSPS) is 24.7. The van der Waals surface area contributed by atoms with Crippen molar-refractivity contribution in [1.82, 2.24) is 0 Å². The van der Waals surface area contributed by atoms with E-state index in [-0.39, 0.29) is 0 Å². The van der Waals surface area contributed by atoms with Crippen molar-refractivity contribution in [3.63, 3.8) is 0 Å². The summed E-state index contributed by atoms with van der Waals surface area (Å²) in [6.45, 7) is 0. The number of hydrogen-bond acceptors (Lipinski definition) is 3. The van der Waals surface area contributed by atoms with E-state index in [0.717, 1.165) is 5.56 Å². The first-order valence-corrected chi connectivity index (χ1v) is 5.83. The van der Waals surface area contributed by atoms with E-state index in [1.165, 1.54) is 0 Å². The number of aliphatic carboxylic acids is 1. The van der Waals surface area contributed by atoms with Gasteiger partial charge < -0.3 is 9.90 Å². The number of carbonyl (C=O) groups is 1. The Morgan fingerprint density at radius 3 is 2.73 bits per heavy atom. The van der Waals surface area contributed by atoms with Crippen LogP contribution in [0, 0.1) is 0 Å². The molecule has 1 aliphatic rings. The van der Waals surface area contributed by atoms with Crippen molar-refractivity contribution < 1.29 is 19.4 Å². The van der Waals surface area contributed by atoms with Crippen LogP contribution in [-0.2, 0) is 15.8 Å². The molecule has 0 radical (unpaired) electrons. The van der Waals surface area contributed by atoms with Gasteiger partial charge in [-0.3, -0.25) is 0 Å². The molecule has 2 rings (SSSR count). The molecular weight excluding hydrogens is 215 g/mol. The molecule has 4 nitrogen and oxygen atoms in total. The van der Waals surface area contributed by atoms with Gasteiger partial charge in [-0.05, 0) is 15.7 Å². The second-order valence-electron chi connectivity index (χ2n) is 3.57. The molecule has 0 aliphatic heterocycles. The van der Waals surface area contributed by atoms with Crippen LogP contribution in [0.3, 0.4) is 0 Å². The van der Waals surface area contributed by atoms with Gasteiger partial charge in [0.2, 0.25) is 5.66 Å². The van der Waals surface area contributed by atoms with Crippen molar-refractivity contribution in [2.75, 3.05) is 0 Å². The number of carboxylic acid groups (broad SMARTS) is 1. The summed E-state index contributed by atoms with van der Waals surface area (Å²) in [5.41, 5.74) is 0.691. The SMILES string of the molecule is O=C([O-])[C@H]1c2ccccc2C[C@H]1[P+](=O)O. The second kappa shape index (κ2) is 3.72. The Morgan fingerprint density at radius 1 is 1.47 bits per heavy atom. The summed E-state index contributed by atoms with van der Waals surface area (Å²) in [5, 5.41) is 10.9. The molecule has 1 aromatic carbocycles. The Hall–Kier alpha value is -1.25. The molecule has 0 fully saturated rings. The minimum absolute atomic E-state index is 0.334. The van der Waals surface area contributed by atoms with Crippen LogP contribution in [0.25, 0.3) is 0 Å². The van der Waals surface area contributed by atoms with Crippen LogP contribution in [-0.4, -0.2) is 16.5 Å². The van der Waals surface area contributed by atoms with Crippen molar-refractivity contribution in [1.29, 1.82) is 0 Å². The Kier molecular flexibility index (Phi) is 2.55. The summed E-state index contributed by atoms with van der Waals surface area (Å²) in [6, 6.07) is 6.97. The van der Waals surface area contributed by atoms with Crippen molar-refractivity contribution in [2.24, 2.45) is 0 Å². The lowest BCUT2D eigenvalue weighted by Gasteiger charge is -2.12. The smallest absolute Gasteiger partial charge is 0.510 e. The van der Waals surface area contributed by atoms with Crippen molar-refractivity contribution >= 4 is 14.0 Å². The first kappa shape index (κ1) is 10.3. The molecule has 0 bridgehead atoms. The van der Waals surface area contributed by atoms with Gasteiger partial charge in [-0.1, -0.05) is 24.3 Å². The zero-order chi connectivity index (χ0) is 11.0. The molecule has 78 valence electrons. The fourth-order valence-corrected chi connectivity index (χ4v) is 2.95. The van der Waals surface area contributed by atoms with E-state index in [0.29, 0.717) is 12.0 Å². The average molecular weight is 224 g/mol. The summed E-state index contributed by atoms with van der Waals surface area (Å²) in [5.74, 6) is -2.22. The summed E-state index contributed by atoms with van der Waals surface area (Å²) in [7, 11) is -2.49. The molecule has 0 aromatic heterocycles. The molecular formula is C10H9O4P. The largest absolute Gasteiger partial charge is 0.549 e. The summed E-state index contributed by atoms with van der Waals surface area (Å²) in [6.07, 6.45) is 0.334. The van der Waals surface area contributed by atoms with Crippen LogP contribution in [0.5, 0.6) is 0 Å². The van der Waals surface area contributed by atoms with Gasteiger partial charge >= 0.3 is 8.03 Å². The molecule has 0 amide bonds. The number of carbonyl (C=O) groups excluding carboxylic acids is 1. The van der Waals surface area contributed by atoms with Gasteiger partial charge in [-0.2, -0.15) is 4.89 Å². The van der Waals surface area contributed by atoms with Gasteiger partial charge in [-0.15, -0.1) is 0 Å². The molecule has 1 aliphatic carbocycles.